The van der Waals surface area contributed by atoms with E-state index in [-0.39, 0.29) is 30.3 Å². The molecule has 2 aliphatic heterocycles. The topological polar surface area (TPSA) is 85.6 Å². The highest BCUT2D eigenvalue weighted by Crippen LogP contribution is 2.38. The van der Waals surface area contributed by atoms with Gasteiger partial charge in [0.1, 0.15) is 5.75 Å². The van der Waals surface area contributed by atoms with Crippen LogP contribution in [0.5, 0.6) is 5.75 Å². The molecule has 12 heteroatoms. The molecule has 1 aromatic heterocycles. The molecule has 228 valence electrons. The van der Waals surface area contributed by atoms with Crippen LogP contribution in [0.25, 0.3) is 5.69 Å². The molecular weight excluding hydrogens is 573 g/mol. The lowest BCUT2D eigenvalue weighted by Crippen LogP contribution is -2.56. The van der Waals surface area contributed by atoms with E-state index in [2.05, 4.69) is 61.9 Å². The molecule has 3 heterocycles. The number of tetrazole rings is 1. The molecule has 0 N–H and O–H groups in total. The number of nitrogens with zero attached hydrogens (tertiary/aromatic N) is 6. The first-order valence-corrected chi connectivity index (χ1v) is 14.3. The second kappa shape index (κ2) is 12.5. The molecule has 1 fully saturated rings. The highest BCUT2D eigenvalue weighted by Gasteiger charge is 2.41. The third kappa shape index (κ3) is 6.16. The number of piperazine rings is 1. The van der Waals surface area contributed by atoms with Crippen molar-refractivity contribution in [2.24, 2.45) is 0 Å². The van der Waals surface area contributed by atoms with E-state index < -0.39 is 18.0 Å². The van der Waals surface area contributed by atoms with Gasteiger partial charge in [-0.1, -0.05) is 66.7 Å². The summed E-state index contributed by atoms with van der Waals surface area (Å²) < 4.78 is 52.1. The fourth-order valence-electron chi connectivity index (χ4n) is 6.17. The number of rotatable bonds is 9. The van der Waals surface area contributed by atoms with E-state index in [0.29, 0.717) is 29.1 Å². The Balaban J connectivity index is 1.35. The van der Waals surface area contributed by atoms with Gasteiger partial charge in [0.2, 0.25) is 0 Å². The molecule has 3 aromatic carbocycles. The standard InChI is InChI=1S/C32H31F3N6O3/c1-43-29(42)21-44-28-15-14-25(41-31(32(33,34)35)36-37-38-41)17-24(28)18-39-19-26-13-8-16-40(26)27(20-39)30(22-9-4-2-5-10-22)23-11-6-3-7-12-23/h2-12,14-17,26-27,30H,13,18-21H2,1H3/t26-,27-/m0/s1. The Morgan fingerprint density at radius 3 is 2.36 bits per heavy atom. The number of hydrogen-bond donors (Lipinski definition) is 0. The van der Waals surface area contributed by atoms with E-state index in [9.17, 15) is 18.0 Å². The molecule has 0 unspecified atom stereocenters. The number of aromatic nitrogens is 4. The van der Waals surface area contributed by atoms with Gasteiger partial charge in [0.15, 0.2) is 6.61 Å². The molecule has 0 amide bonds. The number of esters is 1. The highest BCUT2D eigenvalue weighted by atomic mass is 19.4. The Labute approximate surface area is 252 Å². The zero-order valence-electron chi connectivity index (χ0n) is 24.0. The molecular formula is C32H31F3N6O3. The van der Waals surface area contributed by atoms with Crippen LogP contribution in [0.15, 0.2) is 91.1 Å². The minimum atomic E-state index is -4.74. The SMILES string of the molecule is COC(=O)COc1ccc(-n2nnnc2C(F)(F)F)cc1CN1C[C@@H]2CC=CN2[C@H](C(c2ccccc2)c2ccccc2)C1. The van der Waals surface area contributed by atoms with Crippen LogP contribution in [0.2, 0.25) is 0 Å². The van der Waals surface area contributed by atoms with Gasteiger partial charge < -0.3 is 14.4 Å². The van der Waals surface area contributed by atoms with Crippen molar-refractivity contribution >= 4 is 5.97 Å². The summed E-state index contributed by atoms with van der Waals surface area (Å²) in [4.78, 5) is 16.6. The molecule has 4 aromatic rings. The summed E-state index contributed by atoms with van der Waals surface area (Å²) in [5, 5.41) is 10.0. The number of ether oxygens (including phenoxy) is 2. The number of methoxy groups -OCH3 is 1. The van der Waals surface area contributed by atoms with Crippen LogP contribution in [-0.4, -0.2) is 74.9 Å². The molecule has 6 rings (SSSR count). The van der Waals surface area contributed by atoms with Gasteiger partial charge in [0, 0.05) is 37.2 Å². The molecule has 9 nitrogen and oxygen atoms in total. The van der Waals surface area contributed by atoms with Gasteiger partial charge in [-0.05, 0) is 52.4 Å². The number of carbonyl (C=O) groups is 1. The smallest absolute Gasteiger partial charge is 0.453 e. The molecule has 0 spiro atoms. The number of halogens is 3. The fraction of sp³-hybridized carbons (Fsp3) is 0.312. The minimum Gasteiger partial charge on any atom is -0.482 e. The lowest BCUT2D eigenvalue weighted by Gasteiger charge is -2.47. The minimum absolute atomic E-state index is 0.0717. The predicted molar refractivity (Wildman–Crippen MR) is 155 cm³/mol. The third-order valence-corrected chi connectivity index (χ3v) is 8.09. The van der Waals surface area contributed by atoms with Crippen molar-refractivity contribution in [3.63, 3.8) is 0 Å². The molecule has 0 bridgehead atoms. The van der Waals surface area contributed by atoms with Crippen molar-refractivity contribution < 1.29 is 27.4 Å². The summed E-state index contributed by atoms with van der Waals surface area (Å²) in [5.74, 6) is -1.36. The van der Waals surface area contributed by atoms with Crippen molar-refractivity contribution in [3.05, 3.63) is 114 Å². The average Bonchev–Trinajstić information content (AvgIpc) is 3.72. The molecule has 0 aliphatic carbocycles. The first kappa shape index (κ1) is 29.4. The van der Waals surface area contributed by atoms with Gasteiger partial charge in [0.05, 0.1) is 18.8 Å². The number of hydrogen-bond acceptors (Lipinski definition) is 8. The Kier molecular flexibility index (Phi) is 8.34. The van der Waals surface area contributed by atoms with Gasteiger partial charge in [-0.3, -0.25) is 4.90 Å². The van der Waals surface area contributed by atoms with Crippen molar-refractivity contribution in [1.82, 2.24) is 30.0 Å². The lowest BCUT2D eigenvalue weighted by molar-refractivity contribution is -0.146. The van der Waals surface area contributed by atoms with E-state index in [1.54, 1.807) is 6.07 Å². The van der Waals surface area contributed by atoms with Gasteiger partial charge in [0.25, 0.3) is 5.82 Å². The summed E-state index contributed by atoms with van der Waals surface area (Å²) in [5.41, 5.74) is 3.13. The summed E-state index contributed by atoms with van der Waals surface area (Å²) in [7, 11) is 1.26. The second-order valence-electron chi connectivity index (χ2n) is 10.9. The number of benzene rings is 3. The van der Waals surface area contributed by atoms with Gasteiger partial charge in [-0.15, -0.1) is 5.10 Å². The zero-order valence-corrected chi connectivity index (χ0v) is 24.0. The van der Waals surface area contributed by atoms with E-state index in [4.69, 9.17) is 9.47 Å². The van der Waals surface area contributed by atoms with E-state index in [1.165, 1.54) is 30.4 Å². The number of fused-ring (bicyclic) bond motifs is 1. The van der Waals surface area contributed by atoms with Crippen LogP contribution in [0, 0.1) is 0 Å². The van der Waals surface area contributed by atoms with Crippen LogP contribution in [0.3, 0.4) is 0 Å². The van der Waals surface area contributed by atoms with Crippen molar-refractivity contribution in [2.75, 3.05) is 26.8 Å². The maximum atomic E-state index is 13.6. The first-order valence-electron chi connectivity index (χ1n) is 14.3. The Hall–Kier alpha value is -4.71. The van der Waals surface area contributed by atoms with E-state index >= 15 is 0 Å². The largest absolute Gasteiger partial charge is 0.482 e. The third-order valence-electron chi connectivity index (χ3n) is 8.09. The summed E-state index contributed by atoms with van der Waals surface area (Å²) >= 11 is 0. The predicted octanol–water partition coefficient (Wildman–Crippen LogP) is 4.84. The Morgan fingerprint density at radius 1 is 1.00 bits per heavy atom. The van der Waals surface area contributed by atoms with Crippen LogP contribution < -0.4 is 4.74 Å². The van der Waals surface area contributed by atoms with Gasteiger partial charge in [-0.25, -0.2) is 4.79 Å². The Bertz CT molecular complexity index is 1570. The van der Waals surface area contributed by atoms with Crippen LogP contribution in [-0.2, 0) is 22.3 Å². The maximum Gasteiger partial charge on any atom is 0.453 e. The summed E-state index contributed by atoms with van der Waals surface area (Å²) in [6.45, 7) is 1.44. The van der Waals surface area contributed by atoms with E-state index in [1.807, 2.05) is 36.4 Å². The monoisotopic (exact) mass is 604 g/mol. The number of carbonyl (C=O) groups excluding carboxylic acids is 1. The molecule has 0 saturated carbocycles. The molecule has 0 radical (unpaired) electrons. The highest BCUT2D eigenvalue weighted by molar-refractivity contribution is 5.71. The number of alkyl halides is 3. The Morgan fingerprint density at radius 2 is 1.70 bits per heavy atom. The molecule has 2 atom stereocenters. The normalized spacial score (nSPS) is 18.4. The van der Waals surface area contributed by atoms with Gasteiger partial charge in [-0.2, -0.15) is 17.9 Å². The van der Waals surface area contributed by atoms with Crippen molar-refractivity contribution in [3.8, 4) is 11.4 Å². The van der Waals surface area contributed by atoms with Crippen molar-refractivity contribution in [1.29, 1.82) is 0 Å². The molecule has 1 saturated heterocycles. The first-order chi connectivity index (χ1) is 21.3. The summed E-state index contributed by atoms with van der Waals surface area (Å²) in [6, 6.07) is 25.7. The van der Waals surface area contributed by atoms with Crippen LogP contribution in [0.4, 0.5) is 13.2 Å². The lowest BCUT2D eigenvalue weighted by atomic mass is 9.82. The maximum absolute atomic E-state index is 13.6. The molecule has 2 aliphatic rings. The van der Waals surface area contributed by atoms with E-state index in [0.717, 1.165) is 13.0 Å². The second-order valence-corrected chi connectivity index (χ2v) is 10.9. The van der Waals surface area contributed by atoms with Crippen LogP contribution in [0.1, 0.15) is 34.9 Å². The van der Waals surface area contributed by atoms with Crippen molar-refractivity contribution in [2.45, 2.75) is 37.1 Å². The zero-order chi connectivity index (χ0) is 30.7. The van der Waals surface area contributed by atoms with Gasteiger partial charge >= 0.3 is 12.1 Å². The van der Waals surface area contributed by atoms with Crippen LogP contribution >= 0.6 is 0 Å². The summed E-state index contributed by atoms with van der Waals surface area (Å²) in [6.07, 6.45) is 0.519. The average molecular weight is 605 g/mol. The quantitative estimate of drug-likeness (QED) is 0.251. The fourth-order valence-corrected chi connectivity index (χ4v) is 6.17. The molecule has 44 heavy (non-hydrogen) atoms.